The Morgan fingerprint density at radius 2 is 1.75 bits per heavy atom. The highest BCUT2D eigenvalue weighted by atomic mass is 32.2. The fourth-order valence-corrected chi connectivity index (χ4v) is 4.24. The molecule has 0 spiro atoms. The third-order valence-electron chi connectivity index (χ3n) is 4.18. The summed E-state index contributed by atoms with van der Waals surface area (Å²) in [6.45, 7) is 1.55. The quantitative estimate of drug-likeness (QED) is 0.628. The molecule has 3 aromatic rings. The fraction of sp³-hybridized carbons (Fsp3) is 0.190. The minimum Gasteiger partial charge on any atom is -0.484 e. The van der Waals surface area contributed by atoms with Crippen LogP contribution < -0.4 is 10.1 Å². The highest BCUT2D eigenvalue weighted by Gasteiger charge is 2.31. The van der Waals surface area contributed by atoms with Crippen molar-refractivity contribution in [3.8, 4) is 5.75 Å². The van der Waals surface area contributed by atoms with E-state index in [1.165, 1.54) is 6.26 Å². The Morgan fingerprint density at radius 3 is 2.39 bits per heavy atom. The van der Waals surface area contributed by atoms with Crippen LogP contribution >= 0.6 is 0 Å². The average molecular weight is 399 g/mol. The predicted octanol–water partition coefficient (Wildman–Crippen LogP) is 3.30. The standard InChI is InChI=1S/C21H21NO5S/c1-16-9-11-18(12-10-16)28(24,25)20(19-8-5-13-26-19)14-22-21(23)15-27-17-6-3-2-4-7-17/h2-13,20H,14-15H2,1H3,(H,22,23)/t20-/m1/s1. The first-order valence-corrected chi connectivity index (χ1v) is 10.3. The molecule has 0 fully saturated rings. The lowest BCUT2D eigenvalue weighted by atomic mass is 10.2. The van der Waals surface area contributed by atoms with Crippen LogP contribution in [-0.4, -0.2) is 27.5 Å². The second-order valence-electron chi connectivity index (χ2n) is 6.27. The van der Waals surface area contributed by atoms with Crippen molar-refractivity contribution >= 4 is 15.7 Å². The lowest BCUT2D eigenvalue weighted by molar-refractivity contribution is -0.123. The number of hydrogen-bond acceptors (Lipinski definition) is 5. The largest absolute Gasteiger partial charge is 0.484 e. The van der Waals surface area contributed by atoms with Crippen LogP contribution in [0.25, 0.3) is 0 Å². The number of furan rings is 1. The molecule has 1 heterocycles. The van der Waals surface area contributed by atoms with Crippen LogP contribution in [0.4, 0.5) is 0 Å². The van der Waals surface area contributed by atoms with Gasteiger partial charge in [-0.2, -0.15) is 0 Å². The predicted molar refractivity (Wildman–Crippen MR) is 105 cm³/mol. The number of amides is 1. The van der Waals surface area contributed by atoms with Gasteiger partial charge in [0.05, 0.1) is 11.2 Å². The van der Waals surface area contributed by atoms with Crippen LogP contribution in [0.15, 0.2) is 82.3 Å². The summed E-state index contributed by atoms with van der Waals surface area (Å²) >= 11 is 0. The van der Waals surface area contributed by atoms with Crippen molar-refractivity contribution in [2.24, 2.45) is 0 Å². The molecule has 3 rings (SSSR count). The number of carbonyl (C=O) groups excluding carboxylic acids is 1. The van der Waals surface area contributed by atoms with Crippen LogP contribution in [0, 0.1) is 6.92 Å². The van der Waals surface area contributed by atoms with Gasteiger partial charge in [-0.15, -0.1) is 0 Å². The number of sulfone groups is 1. The molecule has 1 atom stereocenters. The van der Waals surface area contributed by atoms with Crippen molar-refractivity contribution in [3.05, 3.63) is 84.3 Å². The molecule has 0 unspecified atom stereocenters. The number of benzene rings is 2. The van der Waals surface area contributed by atoms with Gasteiger partial charge in [-0.1, -0.05) is 35.9 Å². The molecule has 0 aliphatic rings. The zero-order valence-electron chi connectivity index (χ0n) is 15.4. The van der Waals surface area contributed by atoms with Gasteiger partial charge in [0, 0.05) is 6.54 Å². The van der Waals surface area contributed by atoms with Gasteiger partial charge in [0.15, 0.2) is 16.4 Å². The van der Waals surface area contributed by atoms with Gasteiger partial charge in [0.1, 0.15) is 16.8 Å². The highest BCUT2D eigenvalue weighted by Crippen LogP contribution is 2.29. The number of rotatable bonds is 8. The van der Waals surface area contributed by atoms with Crippen molar-refractivity contribution in [2.45, 2.75) is 17.1 Å². The molecule has 6 nitrogen and oxygen atoms in total. The molecule has 28 heavy (non-hydrogen) atoms. The lowest BCUT2D eigenvalue weighted by Gasteiger charge is -2.17. The first-order chi connectivity index (χ1) is 13.5. The normalized spacial score (nSPS) is 12.3. The van der Waals surface area contributed by atoms with Crippen molar-refractivity contribution < 1.29 is 22.4 Å². The molecule has 1 aromatic heterocycles. The second-order valence-corrected chi connectivity index (χ2v) is 8.40. The first-order valence-electron chi connectivity index (χ1n) is 8.75. The number of para-hydroxylation sites is 1. The summed E-state index contributed by atoms with van der Waals surface area (Å²) < 4.78 is 36.9. The van der Waals surface area contributed by atoms with E-state index in [2.05, 4.69) is 5.32 Å². The molecule has 0 saturated carbocycles. The maximum absolute atomic E-state index is 13.1. The molecular formula is C21H21NO5S. The fourth-order valence-electron chi connectivity index (χ4n) is 2.65. The van der Waals surface area contributed by atoms with E-state index in [1.807, 2.05) is 13.0 Å². The third kappa shape index (κ3) is 4.80. The number of aryl methyl sites for hydroxylation is 1. The Bertz CT molecular complexity index is 997. The summed E-state index contributed by atoms with van der Waals surface area (Å²) in [5.74, 6) is 0.414. The maximum atomic E-state index is 13.1. The summed E-state index contributed by atoms with van der Waals surface area (Å²) in [7, 11) is -3.75. The van der Waals surface area contributed by atoms with E-state index >= 15 is 0 Å². The number of ether oxygens (including phenoxy) is 1. The van der Waals surface area contributed by atoms with E-state index in [-0.39, 0.29) is 23.8 Å². The molecule has 0 bridgehead atoms. The summed E-state index contributed by atoms with van der Waals surface area (Å²) in [6, 6.07) is 18.7. The van der Waals surface area contributed by atoms with Crippen LogP contribution in [0.5, 0.6) is 5.75 Å². The molecule has 2 aromatic carbocycles. The number of hydrogen-bond donors (Lipinski definition) is 1. The minimum atomic E-state index is -3.75. The zero-order valence-corrected chi connectivity index (χ0v) is 16.2. The molecule has 0 aliphatic heterocycles. The van der Waals surface area contributed by atoms with E-state index in [0.29, 0.717) is 5.75 Å². The third-order valence-corrected chi connectivity index (χ3v) is 6.26. The summed E-state index contributed by atoms with van der Waals surface area (Å²) in [5, 5.41) is 1.59. The zero-order chi connectivity index (χ0) is 20.0. The SMILES string of the molecule is Cc1ccc(S(=O)(=O)[C@H](CNC(=O)COc2ccccc2)c2ccco2)cc1. The Labute approximate surface area is 164 Å². The van der Waals surface area contributed by atoms with Gasteiger partial charge in [0.25, 0.3) is 5.91 Å². The Hall–Kier alpha value is -3.06. The minimum absolute atomic E-state index is 0.124. The van der Waals surface area contributed by atoms with E-state index in [1.54, 1.807) is 60.7 Å². The molecule has 0 saturated heterocycles. The summed E-state index contributed by atoms with van der Waals surface area (Å²) in [5.41, 5.74) is 0.958. The van der Waals surface area contributed by atoms with Crippen LogP contribution in [-0.2, 0) is 14.6 Å². The number of nitrogens with one attached hydrogen (secondary N) is 1. The van der Waals surface area contributed by atoms with E-state index in [4.69, 9.17) is 9.15 Å². The van der Waals surface area contributed by atoms with Gasteiger partial charge >= 0.3 is 0 Å². The van der Waals surface area contributed by atoms with Gasteiger partial charge in [-0.25, -0.2) is 8.42 Å². The maximum Gasteiger partial charge on any atom is 0.257 e. The van der Waals surface area contributed by atoms with Crippen molar-refractivity contribution in [2.75, 3.05) is 13.2 Å². The summed E-state index contributed by atoms with van der Waals surface area (Å²) in [6.07, 6.45) is 1.41. The molecule has 0 radical (unpaired) electrons. The molecule has 1 N–H and O–H groups in total. The van der Waals surface area contributed by atoms with Crippen molar-refractivity contribution in [1.29, 1.82) is 0 Å². The van der Waals surface area contributed by atoms with Gasteiger partial charge < -0.3 is 14.5 Å². The van der Waals surface area contributed by atoms with Crippen LogP contribution in [0.2, 0.25) is 0 Å². The van der Waals surface area contributed by atoms with Gasteiger partial charge in [-0.05, 0) is 43.3 Å². The topological polar surface area (TPSA) is 85.6 Å². The molecule has 146 valence electrons. The summed E-state index contributed by atoms with van der Waals surface area (Å²) in [4.78, 5) is 12.3. The number of carbonyl (C=O) groups is 1. The first kappa shape index (κ1) is 19.7. The van der Waals surface area contributed by atoms with Crippen LogP contribution in [0.3, 0.4) is 0 Å². The van der Waals surface area contributed by atoms with Crippen molar-refractivity contribution in [3.63, 3.8) is 0 Å². The average Bonchev–Trinajstić information content (AvgIpc) is 3.22. The second kappa shape index (κ2) is 8.75. The van der Waals surface area contributed by atoms with E-state index in [0.717, 1.165) is 5.56 Å². The highest BCUT2D eigenvalue weighted by molar-refractivity contribution is 7.91. The monoisotopic (exact) mass is 399 g/mol. The smallest absolute Gasteiger partial charge is 0.257 e. The molecule has 7 heteroatoms. The van der Waals surface area contributed by atoms with Crippen LogP contribution in [0.1, 0.15) is 16.6 Å². The Balaban J connectivity index is 1.71. The van der Waals surface area contributed by atoms with E-state index in [9.17, 15) is 13.2 Å². The molecular weight excluding hydrogens is 378 g/mol. The van der Waals surface area contributed by atoms with Gasteiger partial charge in [0.2, 0.25) is 0 Å². The van der Waals surface area contributed by atoms with Crippen molar-refractivity contribution in [1.82, 2.24) is 5.32 Å². The van der Waals surface area contributed by atoms with Gasteiger partial charge in [-0.3, -0.25) is 4.79 Å². The Kier molecular flexibility index (Phi) is 6.16. The molecule has 0 aliphatic carbocycles. The molecule has 1 amide bonds. The lowest BCUT2D eigenvalue weighted by Crippen LogP contribution is -2.34. The van der Waals surface area contributed by atoms with E-state index < -0.39 is 21.0 Å². The Morgan fingerprint density at radius 1 is 1.04 bits per heavy atom.